The van der Waals surface area contributed by atoms with Crippen molar-refractivity contribution in [1.82, 2.24) is 15.0 Å². The normalized spacial score (nSPS) is 19.8. The predicted molar refractivity (Wildman–Crippen MR) is 125 cm³/mol. The van der Waals surface area contributed by atoms with Crippen molar-refractivity contribution in [2.24, 2.45) is 0 Å². The van der Waals surface area contributed by atoms with Crippen LogP contribution in [0.5, 0.6) is 5.75 Å². The third-order valence-electron chi connectivity index (χ3n) is 5.62. The van der Waals surface area contributed by atoms with Crippen molar-refractivity contribution in [1.29, 1.82) is 0 Å². The van der Waals surface area contributed by atoms with E-state index in [4.69, 9.17) is 4.74 Å². The second kappa shape index (κ2) is 9.70. The van der Waals surface area contributed by atoms with Gasteiger partial charge in [0, 0.05) is 46.9 Å². The molecular weight excluding hydrogens is 483 g/mol. The molecule has 2 fully saturated rings. The number of pyridine rings is 1. The van der Waals surface area contributed by atoms with Crippen molar-refractivity contribution in [3.63, 3.8) is 0 Å². The quantitative estimate of drug-likeness (QED) is 0.559. The summed E-state index contributed by atoms with van der Waals surface area (Å²) in [5, 5.41) is 2.68. The van der Waals surface area contributed by atoms with Crippen LogP contribution in [0, 0.1) is 0 Å². The van der Waals surface area contributed by atoms with Crippen LogP contribution < -0.4 is 15.0 Å². The van der Waals surface area contributed by atoms with Gasteiger partial charge in [0.05, 0.1) is 30.9 Å². The van der Waals surface area contributed by atoms with Crippen molar-refractivity contribution in [2.45, 2.75) is 18.4 Å². The molecule has 2 aliphatic heterocycles. The molecule has 8 nitrogen and oxygen atoms in total. The number of aromatic nitrogens is 3. The molecule has 3 aromatic rings. The highest BCUT2D eigenvalue weighted by atomic mass is 32.2. The predicted octanol–water partition coefficient (Wildman–Crippen LogP) is 4.01. The summed E-state index contributed by atoms with van der Waals surface area (Å²) in [6.45, 7) is 1.21. The van der Waals surface area contributed by atoms with E-state index in [-0.39, 0.29) is 23.4 Å². The van der Waals surface area contributed by atoms with Crippen LogP contribution in [-0.4, -0.2) is 64.0 Å². The second-order valence-corrected chi connectivity index (χ2v) is 9.11. The van der Waals surface area contributed by atoms with Gasteiger partial charge in [-0.2, -0.15) is 11.8 Å². The summed E-state index contributed by atoms with van der Waals surface area (Å²) in [4.78, 5) is 28.1. The van der Waals surface area contributed by atoms with Crippen LogP contribution in [0.15, 0.2) is 55.2 Å². The maximum Gasteiger partial charge on any atom is 0.573 e. The molecule has 0 spiro atoms. The molecule has 2 unspecified atom stereocenters. The lowest BCUT2D eigenvalue weighted by Crippen LogP contribution is -2.58. The Balaban J connectivity index is 1.43. The molecule has 4 heterocycles. The SMILES string of the molecule is O=C(Nc1ccc(OC(F)(F)F)cc1)c1cnc(N2C3COCC2CSC3)c(-c2cncnc2)c1. The Morgan fingerprint density at radius 3 is 2.43 bits per heavy atom. The molecule has 1 N–H and O–H groups in total. The largest absolute Gasteiger partial charge is 0.573 e. The zero-order chi connectivity index (χ0) is 24.4. The Labute approximate surface area is 202 Å². The first-order valence-electron chi connectivity index (χ1n) is 10.7. The monoisotopic (exact) mass is 503 g/mol. The second-order valence-electron chi connectivity index (χ2n) is 8.04. The van der Waals surface area contributed by atoms with E-state index in [1.54, 1.807) is 18.5 Å². The molecule has 1 amide bonds. The van der Waals surface area contributed by atoms with Crippen LogP contribution in [0.25, 0.3) is 11.1 Å². The number of carbonyl (C=O) groups is 1. The number of hydrogen-bond donors (Lipinski definition) is 1. The Bertz CT molecular complexity index is 1180. The Kier molecular flexibility index (Phi) is 6.48. The number of benzene rings is 1. The highest BCUT2D eigenvalue weighted by Gasteiger charge is 2.37. The highest BCUT2D eigenvalue weighted by molar-refractivity contribution is 7.99. The van der Waals surface area contributed by atoms with Crippen molar-refractivity contribution in [2.75, 3.05) is 34.9 Å². The van der Waals surface area contributed by atoms with E-state index in [0.29, 0.717) is 18.9 Å². The fourth-order valence-electron chi connectivity index (χ4n) is 4.12. The number of hydrogen-bond acceptors (Lipinski definition) is 8. The zero-order valence-corrected chi connectivity index (χ0v) is 19.1. The Morgan fingerprint density at radius 1 is 1.09 bits per heavy atom. The Morgan fingerprint density at radius 2 is 1.77 bits per heavy atom. The number of nitrogens with one attached hydrogen (secondary N) is 1. The van der Waals surface area contributed by atoms with Crippen LogP contribution in [0.4, 0.5) is 24.7 Å². The van der Waals surface area contributed by atoms with Crippen molar-refractivity contribution in [3.05, 3.63) is 60.8 Å². The van der Waals surface area contributed by atoms with Gasteiger partial charge in [0.1, 0.15) is 17.9 Å². The molecule has 0 aliphatic carbocycles. The summed E-state index contributed by atoms with van der Waals surface area (Å²) in [6, 6.07) is 6.99. The molecule has 2 saturated heterocycles. The third kappa shape index (κ3) is 5.33. The molecule has 35 heavy (non-hydrogen) atoms. The van der Waals surface area contributed by atoms with Crippen LogP contribution in [-0.2, 0) is 4.74 Å². The van der Waals surface area contributed by atoms with Gasteiger partial charge in [0.25, 0.3) is 5.91 Å². The van der Waals surface area contributed by atoms with Crippen LogP contribution >= 0.6 is 11.8 Å². The number of morpholine rings is 1. The number of alkyl halides is 3. The van der Waals surface area contributed by atoms with E-state index in [0.717, 1.165) is 40.6 Å². The van der Waals surface area contributed by atoms with Gasteiger partial charge in [-0.25, -0.2) is 15.0 Å². The molecule has 0 saturated carbocycles. The molecule has 2 atom stereocenters. The average Bonchev–Trinajstić information content (AvgIpc) is 2.84. The molecule has 182 valence electrons. The minimum Gasteiger partial charge on any atom is -0.406 e. The van der Waals surface area contributed by atoms with Crippen molar-refractivity contribution >= 4 is 29.2 Å². The molecule has 5 rings (SSSR count). The van der Waals surface area contributed by atoms with Crippen LogP contribution in [0.1, 0.15) is 10.4 Å². The van der Waals surface area contributed by atoms with E-state index in [9.17, 15) is 18.0 Å². The van der Waals surface area contributed by atoms with Gasteiger partial charge >= 0.3 is 6.36 Å². The highest BCUT2D eigenvalue weighted by Crippen LogP contribution is 2.37. The van der Waals surface area contributed by atoms with Crippen LogP contribution in [0.2, 0.25) is 0 Å². The summed E-state index contributed by atoms with van der Waals surface area (Å²) in [5.74, 6) is 1.74. The summed E-state index contributed by atoms with van der Waals surface area (Å²) in [7, 11) is 0. The van der Waals surface area contributed by atoms with Gasteiger partial charge in [-0.1, -0.05) is 0 Å². The molecule has 2 aromatic heterocycles. The topological polar surface area (TPSA) is 89.5 Å². The smallest absolute Gasteiger partial charge is 0.406 e. The minimum atomic E-state index is -4.78. The number of fused-ring (bicyclic) bond motifs is 2. The van der Waals surface area contributed by atoms with Gasteiger partial charge in [-0.05, 0) is 30.3 Å². The molecule has 1 aromatic carbocycles. The third-order valence-corrected chi connectivity index (χ3v) is 6.86. The van der Waals surface area contributed by atoms with Crippen LogP contribution in [0.3, 0.4) is 0 Å². The molecular formula is C23H20F3N5O3S. The fourth-order valence-corrected chi connectivity index (χ4v) is 5.32. The first-order valence-corrected chi connectivity index (χ1v) is 11.9. The molecule has 2 bridgehead atoms. The first-order chi connectivity index (χ1) is 16.9. The van der Waals surface area contributed by atoms with E-state index < -0.39 is 12.3 Å². The first kappa shape index (κ1) is 23.4. The lowest BCUT2D eigenvalue weighted by Gasteiger charge is -2.46. The standard InChI is InChI=1S/C23H20F3N5O3S/c24-23(25,26)34-19-3-1-16(2-4-19)30-22(32)14-5-20(15-6-27-13-28-7-15)21(29-8-14)31-17-9-33-10-18(31)12-35-11-17/h1-8,13,17-18H,9-12H2,(H,30,32). The number of thioether (sulfide) groups is 1. The van der Waals surface area contributed by atoms with E-state index in [1.807, 2.05) is 11.8 Å². The van der Waals surface area contributed by atoms with Gasteiger partial charge in [-0.3, -0.25) is 4.79 Å². The Hall–Kier alpha value is -3.38. The van der Waals surface area contributed by atoms with E-state index in [2.05, 4.69) is 29.9 Å². The number of halogens is 3. The number of ether oxygens (including phenoxy) is 2. The van der Waals surface area contributed by atoms with Gasteiger partial charge in [0.2, 0.25) is 0 Å². The lowest BCUT2D eigenvalue weighted by atomic mass is 10.0. The average molecular weight is 504 g/mol. The zero-order valence-electron chi connectivity index (χ0n) is 18.2. The minimum absolute atomic E-state index is 0.167. The number of anilines is 2. The van der Waals surface area contributed by atoms with Gasteiger partial charge < -0.3 is 19.7 Å². The lowest BCUT2D eigenvalue weighted by molar-refractivity contribution is -0.274. The number of carbonyl (C=O) groups excluding carboxylic acids is 1. The molecule has 12 heteroatoms. The van der Waals surface area contributed by atoms with E-state index in [1.165, 1.54) is 24.7 Å². The summed E-state index contributed by atoms with van der Waals surface area (Å²) >= 11 is 1.89. The molecule has 2 aliphatic rings. The van der Waals surface area contributed by atoms with Crippen molar-refractivity contribution in [3.8, 4) is 16.9 Å². The number of nitrogens with zero attached hydrogens (tertiary/aromatic N) is 4. The van der Waals surface area contributed by atoms with Crippen molar-refractivity contribution < 1.29 is 27.4 Å². The van der Waals surface area contributed by atoms with Gasteiger partial charge in [-0.15, -0.1) is 13.2 Å². The molecule has 0 radical (unpaired) electrons. The maximum absolute atomic E-state index is 13.0. The number of rotatable bonds is 5. The summed E-state index contributed by atoms with van der Waals surface area (Å²) in [6.07, 6.45) is 1.48. The van der Waals surface area contributed by atoms with E-state index >= 15 is 0 Å². The summed E-state index contributed by atoms with van der Waals surface area (Å²) in [5.41, 5.74) is 2.04. The number of amides is 1. The summed E-state index contributed by atoms with van der Waals surface area (Å²) < 4.78 is 46.7. The maximum atomic E-state index is 13.0. The fraction of sp³-hybridized carbons (Fsp3) is 0.304. The van der Waals surface area contributed by atoms with Gasteiger partial charge in [0.15, 0.2) is 0 Å².